The van der Waals surface area contributed by atoms with Crippen molar-refractivity contribution in [2.24, 2.45) is 0 Å². The van der Waals surface area contributed by atoms with Crippen molar-refractivity contribution in [2.75, 3.05) is 0 Å². The molecule has 10 heteroatoms. The molecule has 0 saturated carbocycles. The first-order chi connectivity index (χ1) is 13.6. The fraction of sp³-hybridized carbons (Fsp3) is 0.650. The first-order valence-electron chi connectivity index (χ1n) is 9.23. The molecule has 174 valence electrons. The van der Waals surface area contributed by atoms with Gasteiger partial charge in [0.15, 0.2) is 0 Å². The van der Waals surface area contributed by atoms with Crippen LogP contribution in [0.2, 0.25) is 10.0 Å². The fourth-order valence-electron chi connectivity index (χ4n) is 1.57. The second-order valence-corrected chi connectivity index (χ2v) is 9.44. The molecule has 0 atom stereocenters. The highest BCUT2D eigenvalue weighted by Crippen LogP contribution is 2.26. The van der Waals surface area contributed by atoms with Gasteiger partial charge in [0.05, 0.1) is 17.6 Å². The van der Waals surface area contributed by atoms with Gasteiger partial charge in [0.2, 0.25) is 5.79 Å². The largest absolute Gasteiger partial charge is 0.481 e. The second-order valence-electron chi connectivity index (χ2n) is 8.59. The van der Waals surface area contributed by atoms with E-state index < -0.39 is 23.0 Å². The molecule has 0 aliphatic heterocycles. The maximum absolute atomic E-state index is 10.7. The zero-order valence-electron chi connectivity index (χ0n) is 18.5. The predicted octanol–water partition coefficient (Wildman–Crippen LogP) is 6.04. The Labute approximate surface area is 187 Å². The first kappa shape index (κ1) is 29.0. The molecule has 1 aromatic carbocycles. The maximum Gasteiger partial charge on any atom is 0.303 e. The molecule has 0 aliphatic carbocycles. The lowest BCUT2D eigenvalue weighted by atomic mass is 10.2. The Hall–Kier alpha value is -0.970. The summed E-state index contributed by atoms with van der Waals surface area (Å²) >= 11 is 11.4. The molecule has 0 fully saturated rings. The van der Waals surface area contributed by atoms with Crippen molar-refractivity contribution >= 4 is 29.2 Å². The third-order valence-corrected chi connectivity index (χ3v) is 3.55. The molecule has 0 heterocycles. The summed E-state index contributed by atoms with van der Waals surface area (Å²) in [6, 6.07) is 4.97. The first-order valence-corrected chi connectivity index (χ1v) is 9.98. The number of hydrogen-bond acceptors (Lipinski definition) is 7. The van der Waals surface area contributed by atoms with E-state index in [9.17, 15) is 4.79 Å². The monoisotopic (exact) mass is 470 g/mol. The number of benzene rings is 1. The van der Waals surface area contributed by atoms with Gasteiger partial charge in [-0.25, -0.2) is 14.7 Å². The minimum absolute atomic E-state index is 0.0794. The number of rotatable bonds is 9. The van der Waals surface area contributed by atoms with Gasteiger partial charge in [0.25, 0.3) is 0 Å². The highest BCUT2D eigenvalue weighted by Gasteiger charge is 2.34. The van der Waals surface area contributed by atoms with Gasteiger partial charge in [-0.1, -0.05) is 29.3 Å². The molecule has 1 rings (SSSR count). The summed E-state index contributed by atoms with van der Waals surface area (Å²) in [5, 5.41) is 17.9. The molecule has 0 spiro atoms. The Morgan fingerprint density at radius 3 is 1.80 bits per heavy atom. The third kappa shape index (κ3) is 14.9. The summed E-state index contributed by atoms with van der Waals surface area (Å²) in [6.45, 7) is 12.5. The number of aliphatic carboxylic acids is 1. The normalized spacial score (nSPS) is 12.3. The molecule has 2 N–H and O–H groups in total. The lowest BCUT2D eigenvalue weighted by molar-refractivity contribution is -0.537. The van der Waals surface area contributed by atoms with Crippen LogP contribution in [0.5, 0.6) is 0 Å². The zero-order valence-corrected chi connectivity index (χ0v) is 20.0. The van der Waals surface area contributed by atoms with Crippen LogP contribution in [0.3, 0.4) is 0 Å². The molecule has 0 amide bonds. The topological polar surface area (TPSA) is 104 Å². The Kier molecular flexibility index (Phi) is 12.4. The van der Waals surface area contributed by atoms with Crippen LogP contribution >= 0.6 is 23.2 Å². The van der Waals surface area contributed by atoms with Crippen molar-refractivity contribution < 1.29 is 39.6 Å². The van der Waals surface area contributed by atoms with Crippen LogP contribution < -0.4 is 0 Å². The van der Waals surface area contributed by atoms with Crippen LogP contribution in [0.4, 0.5) is 0 Å². The molecule has 0 saturated heterocycles. The van der Waals surface area contributed by atoms with Gasteiger partial charge < -0.3 is 5.11 Å². The average Bonchev–Trinajstić information content (AvgIpc) is 2.59. The van der Waals surface area contributed by atoms with Crippen LogP contribution in [0.1, 0.15) is 66.9 Å². The SMILES string of the molecule is CC(C)(C)OOC(C)(CCC(=O)O)OOC(C)(C)C.OOCc1ccc(Cl)cc1Cl. The molecule has 30 heavy (non-hydrogen) atoms. The summed E-state index contributed by atoms with van der Waals surface area (Å²) in [5.74, 6) is -2.22. The number of carbonyl (C=O) groups is 1. The van der Waals surface area contributed by atoms with Crippen LogP contribution in [0.15, 0.2) is 18.2 Å². The molecule has 0 bridgehead atoms. The van der Waals surface area contributed by atoms with Crippen LogP contribution in [-0.4, -0.2) is 33.3 Å². The van der Waals surface area contributed by atoms with E-state index in [4.69, 9.17) is 53.1 Å². The highest BCUT2D eigenvalue weighted by molar-refractivity contribution is 6.35. The van der Waals surface area contributed by atoms with E-state index in [0.29, 0.717) is 15.6 Å². The van der Waals surface area contributed by atoms with Crippen LogP contribution in [-0.2, 0) is 35.8 Å². The van der Waals surface area contributed by atoms with Gasteiger partial charge >= 0.3 is 5.97 Å². The van der Waals surface area contributed by atoms with E-state index in [1.54, 1.807) is 25.1 Å². The van der Waals surface area contributed by atoms with Crippen molar-refractivity contribution in [3.63, 3.8) is 0 Å². The molecular formula is C20H32Cl2O8. The lowest BCUT2D eigenvalue weighted by Crippen LogP contribution is -2.39. The van der Waals surface area contributed by atoms with Crippen molar-refractivity contribution in [1.29, 1.82) is 0 Å². The summed E-state index contributed by atoms with van der Waals surface area (Å²) in [7, 11) is 0. The molecular weight excluding hydrogens is 439 g/mol. The van der Waals surface area contributed by atoms with Gasteiger partial charge in [-0.3, -0.25) is 10.1 Å². The summed E-state index contributed by atoms with van der Waals surface area (Å²) in [6.07, 6.45) is -0.00794. The highest BCUT2D eigenvalue weighted by atomic mass is 35.5. The number of carboxylic acids is 1. The minimum Gasteiger partial charge on any atom is -0.481 e. The van der Waals surface area contributed by atoms with E-state index in [1.165, 1.54) is 0 Å². The number of carboxylic acid groups (broad SMARTS) is 1. The summed E-state index contributed by atoms with van der Waals surface area (Å²) in [5.41, 5.74) is -0.357. The summed E-state index contributed by atoms with van der Waals surface area (Å²) < 4.78 is 0. The quantitative estimate of drug-likeness (QED) is 0.255. The van der Waals surface area contributed by atoms with Gasteiger partial charge in [0.1, 0.15) is 6.61 Å². The molecule has 0 radical (unpaired) electrons. The van der Waals surface area contributed by atoms with E-state index in [1.807, 2.05) is 41.5 Å². The Morgan fingerprint density at radius 2 is 1.43 bits per heavy atom. The van der Waals surface area contributed by atoms with Gasteiger partial charge in [-0.2, -0.15) is 9.78 Å². The Morgan fingerprint density at radius 1 is 0.933 bits per heavy atom. The van der Waals surface area contributed by atoms with Crippen LogP contribution in [0.25, 0.3) is 0 Å². The number of hydrogen-bond donors (Lipinski definition) is 2. The Bertz CT molecular complexity index is 635. The third-order valence-electron chi connectivity index (χ3n) is 2.96. The van der Waals surface area contributed by atoms with Crippen LogP contribution in [0, 0.1) is 0 Å². The van der Waals surface area contributed by atoms with E-state index in [-0.39, 0.29) is 19.4 Å². The molecule has 0 aliphatic rings. The standard InChI is InChI=1S/C13H26O6.C7H6Cl2O2/c1-11(2,3)16-18-13(7,9-8-10(14)15)19-17-12(4,5)6;8-6-2-1-5(4-11-10)7(9)3-6/h8-9H2,1-7H3,(H,14,15);1-3,10H,4H2. The van der Waals surface area contributed by atoms with Crippen molar-refractivity contribution in [1.82, 2.24) is 0 Å². The fourth-order valence-corrected chi connectivity index (χ4v) is 2.03. The van der Waals surface area contributed by atoms with Crippen molar-refractivity contribution in [2.45, 2.75) is 84.9 Å². The second kappa shape index (κ2) is 12.8. The number of halogens is 2. The molecule has 8 nitrogen and oxygen atoms in total. The minimum atomic E-state index is -1.28. The van der Waals surface area contributed by atoms with Gasteiger partial charge in [-0.05, 0) is 66.2 Å². The average molecular weight is 471 g/mol. The van der Waals surface area contributed by atoms with E-state index >= 15 is 0 Å². The maximum atomic E-state index is 10.7. The predicted molar refractivity (Wildman–Crippen MR) is 113 cm³/mol. The van der Waals surface area contributed by atoms with Gasteiger partial charge in [-0.15, -0.1) is 0 Å². The van der Waals surface area contributed by atoms with Crippen molar-refractivity contribution in [3.05, 3.63) is 33.8 Å². The smallest absolute Gasteiger partial charge is 0.303 e. The van der Waals surface area contributed by atoms with E-state index in [2.05, 4.69) is 4.89 Å². The molecule has 0 aromatic heterocycles. The van der Waals surface area contributed by atoms with Crippen molar-refractivity contribution in [3.8, 4) is 0 Å². The van der Waals surface area contributed by atoms with E-state index in [0.717, 1.165) is 0 Å². The Balaban J connectivity index is 0.000000642. The molecule has 1 aromatic rings. The van der Waals surface area contributed by atoms with Gasteiger partial charge in [0, 0.05) is 16.5 Å². The summed E-state index contributed by atoms with van der Waals surface area (Å²) in [4.78, 5) is 35.4. The zero-order chi connectivity index (χ0) is 23.6. The molecule has 0 unspecified atom stereocenters. The lowest BCUT2D eigenvalue weighted by Gasteiger charge is -2.32.